The maximum Gasteiger partial charge on any atom is 0.310 e. The van der Waals surface area contributed by atoms with Gasteiger partial charge in [-0.3, -0.25) is 14.7 Å². The monoisotopic (exact) mass is 495 g/mol. The van der Waals surface area contributed by atoms with Gasteiger partial charge in [-0.15, -0.1) is 0 Å². The number of amides is 1. The van der Waals surface area contributed by atoms with Gasteiger partial charge in [-0.05, 0) is 38.0 Å². The average molecular weight is 496 g/mol. The van der Waals surface area contributed by atoms with Crippen LogP contribution in [-0.4, -0.2) is 55.3 Å². The van der Waals surface area contributed by atoms with Gasteiger partial charge in [0.25, 0.3) is 10.0 Å². The van der Waals surface area contributed by atoms with Crippen LogP contribution in [0.2, 0.25) is 5.15 Å². The highest BCUT2D eigenvalue weighted by Crippen LogP contribution is 2.30. The van der Waals surface area contributed by atoms with Crippen molar-refractivity contribution in [1.29, 1.82) is 0 Å². The van der Waals surface area contributed by atoms with Crippen LogP contribution in [0.5, 0.6) is 0 Å². The number of carbonyl (C=O) groups excluding carboxylic acids is 1. The molecule has 4 rings (SSSR count). The Hall–Kier alpha value is -2.93. The number of anilines is 2. The summed E-state index contributed by atoms with van der Waals surface area (Å²) >= 11 is 6.00. The number of rotatable bonds is 7. The van der Waals surface area contributed by atoms with Gasteiger partial charge in [-0.25, -0.2) is 23.9 Å². The summed E-state index contributed by atoms with van der Waals surface area (Å²) < 4.78 is 39.7. The first-order valence-corrected chi connectivity index (χ1v) is 12.1. The van der Waals surface area contributed by atoms with Crippen LogP contribution in [0.25, 0.3) is 11.0 Å². The molecule has 0 saturated carbocycles. The van der Waals surface area contributed by atoms with E-state index in [9.17, 15) is 13.2 Å². The Morgan fingerprint density at radius 2 is 2.09 bits per heavy atom. The molecule has 0 unspecified atom stereocenters. The lowest BCUT2D eigenvalue weighted by Gasteiger charge is -2.33. The molecule has 1 aromatic carbocycles. The number of hydrogen-bond donors (Lipinski definition) is 3. The zero-order valence-corrected chi connectivity index (χ0v) is 19.2. The van der Waals surface area contributed by atoms with Gasteiger partial charge in [0.15, 0.2) is 17.4 Å². The SMILES string of the molecule is CCOC1CCN(c2ncc(Cl)nc2NS(=O)(=O)c2ccc3cc(C(=O)NO)oc3c2)CC1. The molecule has 1 aliphatic heterocycles. The van der Waals surface area contributed by atoms with E-state index in [0.717, 1.165) is 12.8 Å². The minimum Gasteiger partial charge on any atom is -0.451 e. The Kier molecular flexibility index (Phi) is 6.70. The number of hydrogen-bond acceptors (Lipinski definition) is 9. The van der Waals surface area contributed by atoms with Crippen LogP contribution in [0.1, 0.15) is 30.3 Å². The van der Waals surface area contributed by atoms with E-state index in [2.05, 4.69) is 14.7 Å². The van der Waals surface area contributed by atoms with Crippen molar-refractivity contribution < 1.29 is 27.6 Å². The molecule has 1 saturated heterocycles. The largest absolute Gasteiger partial charge is 0.451 e. The van der Waals surface area contributed by atoms with Crippen molar-refractivity contribution in [3.8, 4) is 0 Å². The van der Waals surface area contributed by atoms with Gasteiger partial charge in [0.2, 0.25) is 0 Å². The minimum atomic E-state index is -4.09. The van der Waals surface area contributed by atoms with Crippen LogP contribution >= 0.6 is 11.6 Å². The summed E-state index contributed by atoms with van der Waals surface area (Å²) in [7, 11) is -4.09. The third-order valence-corrected chi connectivity index (χ3v) is 6.74. The summed E-state index contributed by atoms with van der Waals surface area (Å²) in [5.41, 5.74) is 1.63. The number of fused-ring (bicyclic) bond motifs is 1. The minimum absolute atomic E-state index is 0.0113. The van der Waals surface area contributed by atoms with Gasteiger partial charge in [0.1, 0.15) is 10.7 Å². The van der Waals surface area contributed by atoms with Gasteiger partial charge >= 0.3 is 5.91 Å². The van der Waals surface area contributed by atoms with Crippen molar-refractivity contribution in [1.82, 2.24) is 15.4 Å². The summed E-state index contributed by atoms with van der Waals surface area (Å²) in [5, 5.41) is 9.30. The van der Waals surface area contributed by atoms with Gasteiger partial charge in [-0.1, -0.05) is 11.6 Å². The molecule has 1 fully saturated rings. The van der Waals surface area contributed by atoms with Crippen molar-refractivity contribution in [3.05, 3.63) is 41.4 Å². The Balaban J connectivity index is 1.60. The van der Waals surface area contributed by atoms with E-state index in [1.54, 1.807) is 0 Å². The molecule has 1 aliphatic rings. The average Bonchev–Trinajstić information content (AvgIpc) is 3.23. The van der Waals surface area contributed by atoms with Gasteiger partial charge in [0.05, 0.1) is 17.2 Å². The molecule has 0 radical (unpaired) electrons. The number of piperidine rings is 1. The van der Waals surface area contributed by atoms with Crippen molar-refractivity contribution in [2.24, 2.45) is 0 Å². The predicted molar refractivity (Wildman–Crippen MR) is 120 cm³/mol. The molecule has 176 valence electrons. The number of ether oxygens (including phenoxy) is 1. The van der Waals surface area contributed by atoms with Crippen LogP contribution in [0.15, 0.2) is 39.8 Å². The molecule has 0 spiro atoms. The topological polar surface area (TPSA) is 147 Å². The first kappa shape index (κ1) is 23.2. The Morgan fingerprint density at radius 3 is 2.79 bits per heavy atom. The maximum absolute atomic E-state index is 13.1. The summed E-state index contributed by atoms with van der Waals surface area (Å²) in [6.45, 7) is 3.85. The molecule has 2 aromatic heterocycles. The molecule has 3 N–H and O–H groups in total. The lowest BCUT2D eigenvalue weighted by Crippen LogP contribution is -2.38. The van der Waals surface area contributed by atoms with E-state index in [1.165, 1.54) is 35.9 Å². The van der Waals surface area contributed by atoms with Crippen LogP contribution < -0.4 is 15.1 Å². The first-order chi connectivity index (χ1) is 15.8. The Morgan fingerprint density at radius 1 is 1.33 bits per heavy atom. The molecule has 11 nitrogen and oxygen atoms in total. The van der Waals surface area contributed by atoms with E-state index in [-0.39, 0.29) is 33.3 Å². The van der Waals surface area contributed by atoms with Crippen LogP contribution in [-0.2, 0) is 14.8 Å². The molecule has 0 aliphatic carbocycles. The van der Waals surface area contributed by atoms with Crippen LogP contribution in [0, 0.1) is 0 Å². The highest BCUT2D eigenvalue weighted by Gasteiger charge is 2.26. The van der Waals surface area contributed by atoms with Gasteiger partial charge in [0, 0.05) is 31.1 Å². The molecular weight excluding hydrogens is 474 g/mol. The molecular formula is C20H22ClN5O6S. The second kappa shape index (κ2) is 9.51. The van der Waals surface area contributed by atoms with Crippen molar-refractivity contribution in [2.75, 3.05) is 29.3 Å². The number of nitrogens with one attached hydrogen (secondary N) is 2. The highest BCUT2D eigenvalue weighted by atomic mass is 35.5. The first-order valence-electron chi connectivity index (χ1n) is 10.2. The number of nitrogens with zero attached hydrogens (tertiary/aromatic N) is 3. The Bertz CT molecular complexity index is 1270. The quantitative estimate of drug-likeness (QED) is 0.332. The summed E-state index contributed by atoms with van der Waals surface area (Å²) in [6.07, 6.45) is 3.09. The highest BCUT2D eigenvalue weighted by molar-refractivity contribution is 7.92. The lowest BCUT2D eigenvalue weighted by atomic mass is 10.1. The summed E-state index contributed by atoms with van der Waals surface area (Å²) in [6, 6.07) is 5.52. The second-order valence-corrected chi connectivity index (χ2v) is 9.43. The van der Waals surface area contributed by atoms with E-state index >= 15 is 0 Å². The normalized spacial score (nSPS) is 15.1. The number of aromatic nitrogens is 2. The number of halogens is 1. The fraction of sp³-hybridized carbons (Fsp3) is 0.350. The number of hydroxylamine groups is 1. The third kappa shape index (κ3) is 5.03. The van der Waals surface area contributed by atoms with Crippen LogP contribution in [0.4, 0.5) is 11.6 Å². The van der Waals surface area contributed by atoms with Gasteiger partial charge in [-0.2, -0.15) is 0 Å². The zero-order valence-electron chi connectivity index (χ0n) is 17.6. The maximum atomic E-state index is 13.1. The smallest absolute Gasteiger partial charge is 0.310 e. The van der Waals surface area contributed by atoms with Crippen molar-refractivity contribution in [3.63, 3.8) is 0 Å². The fourth-order valence-corrected chi connectivity index (χ4v) is 4.81. The molecule has 3 heterocycles. The number of furan rings is 1. The number of carbonyl (C=O) groups is 1. The zero-order chi connectivity index (χ0) is 23.6. The number of benzene rings is 1. The number of sulfonamides is 1. The third-order valence-electron chi connectivity index (χ3n) is 5.23. The van der Waals surface area contributed by atoms with E-state index in [0.29, 0.717) is 30.9 Å². The Labute approximate surface area is 194 Å². The lowest BCUT2D eigenvalue weighted by molar-refractivity contribution is 0.0458. The predicted octanol–water partition coefficient (Wildman–Crippen LogP) is 2.80. The molecule has 13 heteroatoms. The standard InChI is InChI=1S/C20H22ClN5O6S/c1-2-31-13-5-7-26(8-6-13)19-18(23-17(21)11-22-19)25-33(29,30)14-4-3-12-9-16(20(27)24-28)32-15(12)10-14/h3-4,9-11,13,28H,2,5-8H2,1H3,(H,23,25)(H,24,27). The molecule has 0 bridgehead atoms. The van der Waals surface area contributed by atoms with Crippen LogP contribution in [0.3, 0.4) is 0 Å². The second-order valence-electron chi connectivity index (χ2n) is 7.36. The van der Waals surface area contributed by atoms with E-state index < -0.39 is 15.9 Å². The molecule has 33 heavy (non-hydrogen) atoms. The van der Waals surface area contributed by atoms with Crippen molar-refractivity contribution in [2.45, 2.75) is 30.8 Å². The molecule has 1 amide bonds. The molecule has 0 atom stereocenters. The van der Waals surface area contributed by atoms with Crippen molar-refractivity contribution >= 4 is 50.1 Å². The summed E-state index contributed by atoms with van der Waals surface area (Å²) in [4.78, 5) is 21.8. The van der Waals surface area contributed by atoms with E-state index in [1.807, 2.05) is 11.8 Å². The summed E-state index contributed by atoms with van der Waals surface area (Å²) in [5.74, 6) is -0.620. The molecule has 3 aromatic rings. The fourth-order valence-electron chi connectivity index (χ4n) is 3.66. The van der Waals surface area contributed by atoms with E-state index in [4.69, 9.17) is 26.0 Å². The van der Waals surface area contributed by atoms with Gasteiger partial charge < -0.3 is 14.1 Å².